The van der Waals surface area contributed by atoms with E-state index in [4.69, 9.17) is 4.74 Å². The number of likely N-dealkylation sites (tertiary alicyclic amines) is 1. The fourth-order valence-electron chi connectivity index (χ4n) is 2.04. The van der Waals surface area contributed by atoms with Crippen molar-refractivity contribution in [3.8, 4) is 0 Å². The molecule has 1 fully saturated rings. The van der Waals surface area contributed by atoms with E-state index in [1.807, 2.05) is 0 Å². The number of piperidine rings is 1. The Morgan fingerprint density at radius 2 is 2.11 bits per heavy atom. The van der Waals surface area contributed by atoms with Crippen molar-refractivity contribution < 1.29 is 22.7 Å². The van der Waals surface area contributed by atoms with Gasteiger partial charge in [-0.05, 0) is 24.3 Å². The molecule has 106 valence electrons. The van der Waals surface area contributed by atoms with Crippen LogP contribution in [0.2, 0.25) is 0 Å². The highest BCUT2D eigenvalue weighted by Gasteiger charge is 2.33. The van der Waals surface area contributed by atoms with Crippen LogP contribution in [0.4, 0.5) is 13.2 Å². The number of ether oxygens (including phenoxy) is 1. The summed E-state index contributed by atoms with van der Waals surface area (Å²) in [6, 6.07) is 1.67. The van der Waals surface area contributed by atoms with Gasteiger partial charge >= 0.3 is 12.1 Å². The van der Waals surface area contributed by atoms with Gasteiger partial charge in [0.05, 0.1) is 12.1 Å². The first-order valence-corrected chi connectivity index (χ1v) is 6.90. The number of alkyl halides is 3. The molecule has 0 bridgehead atoms. The lowest BCUT2D eigenvalue weighted by molar-refractivity contribution is -0.150. The molecule has 0 unspecified atom stereocenters. The standard InChI is InChI=1S/C12H14F3NO2S/c13-12(14,15)8-16-4-1-10(2-5-16)18-11(17)9-3-6-19-7-9/h3,6-7,10H,1-2,4-5,8H2. The van der Waals surface area contributed by atoms with Gasteiger partial charge in [-0.15, -0.1) is 0 Å². The minimum Gasteiger partial charge on any atom is -0.459 e. The largest absolute Gasteiger partial charge is 0.459 e. The fourth-order valence-corrected chi connectivity index (χ4v) is 2.66. The summed E-state index contributed by atoms with van der Waals surface area (Å²) in [6.45, 7) is -0.277. The molecule has 1 saturated heterocycles. The summed E-state index contributed by atoms with van der Waals surface area (Å²) in [5.74, 6) is -0.393. The molecular weight excluding hydrogens is 279 g/mol. The van der Waals surface area contributed by atoms with Gasteiger partial charge in [-0.2, -0.15) is 24.5 Å². The Morgan fingerprint density at radius 1 is 1.42 bits per heavy atom. The van der Waals surface area contributed by atoms with Crippen molar-refractivity contribution in [1.29, 1.82) is 0 Å². The number of thiophene rings is 1. The van der Waals surface area contributed by atoms with Crippen LogP contribution >= 0.6 is 11.3 Å². The maximum absolute atomic E-state index is 12.2. The van der Waals surface area contributed by atoms with Gasteiger partial charge in [0.15, 0.2) is 0 Å². The van der Waals surface area contributed by atoms with Crippen molar-refractivity contribution in [2.45, 2.75) is 25.1 Å². The van der Waals surface area contributed by atoms with Crippen molar-refractivity contribution in [1.82, 2.24) is 4.90 Å². The minimum atomic E-state index is -4.17. The molecule has 1 aromatic rings. The van der Waals surface area contributed by atoms with Gasteiger partial charge in [-0.3, -0.25) is 4.90 Å². The Labute approximate surface area is 113 Å². The zero-order valence-electron chi connectivity index (χ0n) is 10.2. The molecule has 0 spiro atoms. The number of esters is 1. The topological polar surface area (TPSA) is 29.5 Å². The summed E-state index contributed by atoms with van der Waals surface area (Å²) in [7, 11) is 0. The number of carbonyl (C=O) groups is 1. The SMILES string of the molecule is O=C(OC1CCN(CC(F)(F)F)CC1)c1ccsc1. The van der Waals surface area contributed by atoms with Crippen molar-refractivity contribution >= 4 is 17.3 Å². The van der Waals surface area contributed by atoms with Crippen LogP contribution < -0.4 is 0 Å². The highest BCUT2D eigenvalue weighted by molar-refractivity contribution is 7.08. The molecule has 0 radical (unpaired) electrons. The number of rotatable bonds is 3. The van der Waals surface area contributed by atoms with Crippen LogP contribution in [0.25, 0.3) is 0 Å². The van der Waals surface area contributed by atoms with Crippen molar-refractivity contribution in [3.63, 3.8) is 0 Å². The van der Waals surface area contributed by atoms with Gasteiger partial charge in [-0.1, -0.05) is 0 Å². The molecule has 0 N–H and O–H groups in total. The first-order chi connectivity index (χ1) is 8.94. The number of carbonyl (C=O) groups excluding carboxylic acids is 1. The Morgan fingerprint density at radius 3 is 2.63 bits per heavy atom. The molecule has 2 rings (SSSR count). The van der Waals surface area contributed by atoms with Gasteiger partial charge in [0.25, 0.3) is 0 Å². The first kappa shape index (κ1) is 14.3. The maximum Gasteiger partial charge on any atom is 0.401 e. The van der Waals surface area contributed by atoms with Crippen LogP contribution in [0.3, 0.4) is 0 Å². The maximum atomic E-state index is 12.2. The lowest BCUT2D eigenvalue weighted by Gasteiger charge is -2.31. The van der Waals surface area contributed by atoms with Crippen molar-refractivity contribution in [2.75, 3.05) is 19.6 Å². The highest BCUT2D eigenvalue weighted by Crippen LogP contribution is 2.21. The van der Waals surface area contributed by atoms with E-state index in [9.17, 15) is 18.0 Å². The average molecular weight is 293 g/mol. The Bertz CT molecular complexity index is 411. The summed E-state index contributed by atoms with van der Waals surface area (Å²) in [4.78, 5) is 13.0. The van der Waals surface area contributed by atoms with Crippen molar-refractivity contribution in [3.05, 3.63) is 22.4 Å². The molecule has 19 heavy (non-hydrogen) atoms. The number of hydrogen-bond acceptors (Lipinski definition) is 4. The second-order valence-electron chi connectivity index (χ2n) is 4.51. The van der Waals surface area contributed by atoms with Crippen molar-refractivity contribution in [2.24, 2.45) is 0 Å². The summed E-state index contributed by atoms with van der Waals surface area (Å²) >= 11 is 1.40. The average Bonchev–Trinajstić information content (AvgIpc) is 2.83. The molecule has 1 aliphatic heterocycles. The van der Waals surface area contributed by atoms with Gasteiger partial charge < -0.3 is 4.74 Å². The predicted molar refractivity (Wildman–Crippen MR) is 65.3 cm³/mol. The van der Waals surface area contributed by atoms with Gasteiger partial charge in [0, 0.05) is 18.5 Å². The molecule has 0 amide bonds. The third-order valence-corrected chi connectivity index (χ3v) is 3.65. The van der Waals surface area contributed by atoms with Gasteiger partial charge in [0.1, 0.15) is 6.10 Å². The third-order valence-electron chi connectivity index (χ3n) is 2.97. The van der Waals surface area contributed by atoms with Gasteiger partial charge in [-0.25, -0.2) is 4.79 Å². The third kappa shape index (κ3) is 4.50. The van der Waals surface area contributed by atoms with E-state index in [1.54, 1.807) is 16.8 Å². The quantitative estimate of drug-likeness (QED) is 0.803. The zero-order chi connectivity index (χ0) is 13.9. The van der Waals surface area contributed by atoms with E-state index < -0.39 is 18.7 Å². The summed E-state index contributed by atoms with van der Waals surface area (Å²) in [5.41, 5.74) is 0.503. The lowest BCUT2D eigenvalue weighted by atomic mass is 10.1. The molecule has 3 nitrogen and oxygen atoms in total. The zero-order valence-corrected chi connectivity index (χ0v) is 11.0. The van der Waals surface area contributed by atoms with E-state index in [-0.39, 0.29) is 6.10 Å². The summed E-state index contributed by atoms with van der Waals surface area (Å²) in [6.07, 6.45) is -3.55. The van der Waals surface area contributed by atoms with Gasteiger partial charge in [0.2, 0.25) is 0 Å². The second kappa shape index (κ2) is 5.92. The number of hydrogen-bond donors (Lipinski definition) is 0. The molecule has 0 aliphatic carbocycles. The Kier molecular flexibility index (Phi) is 4.46. The summed E-state index contributed by atoms with van der Waals surface area (Å²) in [5, 5.41) is 3.48. The van der Waals surface area contributed by atoms with E-state index in [0.717, 1.165) is 0 Å². The van der Waals surface area contributed by atoms with E-state index in [0.29, 0.717) is 31.5 Å². The Balaban J connectivity index is 1.76. The predicted octanol–water partition coefficient (Wildman–Crippen LogP) is 2.93. The smallest absolute Gasteiger partial charge is 0.401 e. The highest BCUT2D eigenvalue weighted by atomic mass is 32.1. The molecule has 2 heterocycles. The molecule has 0 atom stereocenters. The summed E-state index contributed by atoms with van der Waals surface area (Å²) < 4.78 is 41.9. The van der Waals surface area contributed by atoms with E-state index in [2.05, 4.69) is 0 Å². The Hall–Kier alpha value is -1.08. The van der Waals surface area contributed by atoms with E-state index in [1.165, 1.54) is 16.2 Å². The molecule has 7 heteroatoms. The van der Waals surface area contributed by atoms with Crippen LogP contribution in [0.15, 0.2) is 16.8 Å². The van der Waals surface area contributed by atoms with Crippen LogP contribution in [-0.4, -0.2) is 42.8 Å². The second-order valence-corrected chi connectivity index (χ2v) is 5.29. The van der Waals surface area contributed by atoms with Crippen LogP contribution in [-0.2, 0) is 4.74 Å². The molecule has 1 aliphatic rings. The van der Waals surface area contributed by atoms with Crippen LogP contribution in [0.1, 0.15) is 23.2 Å². The number of halogens is 3. The first-order valence-electron chi connectivity index (χ1n) is 5.96. The fraction of sp³-hybridized carbons (Fsp3) is 0.583. The van der Waals surface area contributed by atoms with Crippen LogP contribution in [0.5, 0.6) is 0 Å². The molecule has 1 aromatic heterocycles. The van der Waals surface area contributed by atoms with Crippen LogP contribution in [0, 0.1) is 0 Å². The molecular formula is C12H14F3NO2S. The van der Waals surface area contributed by atoms with E-state index >= 15 is 0 Å². The number of nitrogens with zero attached hydrogens (tertiary/aromatic N) is 1. The lowest BCUT2D eigenvalue weighted by Crippen LogP contribution is -2.42. The minimum absolute atomic E-state index is 0.281. The molecule has 0 aromatic carbocycles. The normalized spacial score (nSPS) is 18.5. The monoisotopic (exact) mass is 293 g/mol. The molecule has 0 saturated carbocycles.